The molecule has 0 aliphatic heterocycles. The number of aryl methyl sites for hydroxylation is 1. The molecular formula is C23H30N4OS. The first-order valence-corrected chi connectivity index (χ1v) is 11.6. The lowest BCUT2D eigenvalue weighted by molar-refractivity contribution is 0.682. The molecule has 1 aromatic heterocycles. The van der Waals surface area contributed by atoms with Crippen molar-refractivity contribution in [1.29, 1.82) is 0 Å². The lowest BCUT2D eigenvalue weighted by atomic mass is 10.1. The molecule has 1 unspecified atom stereocenters. The predicted molar refractivity (Wildman–Crippen MR) is 124 cm³/mol. The van der Waals surface area contributed by atoms with Gasteiger partial charge in [0.2, 0.25) is 0 Å². The minimum Gasteiger partial charge on any atom is -0.361 e. The second-order valence-corrected chi connectivity index (χ2v) is 8.60. The zero-order chi connectivity index (χ0) is 20.5. The number of aromatic nitrogens is 1. The van der Waals surface area contributed by atoms with E-state index in [1.807, 2.05) is 37.3 Å². The molecule has 1 atom stereocenters. The van der Waals surface area contributed by atoms with Gasteiger partial charge in [0.05, 0.1) is 6.54 Å². The van der Waals surface area contributed by atoms with Crippen LogP contribution in [0.15, 0.2) is 59.7 Å². The van der Waals surface area contributed by atoms with Gasteiger partial charge in [0.25, 0.3) is 0 Å². The SMILES string of the molecule is CCNC(=NCCS(=O)Cc1ccccc1)NCCc1c[nH]c2c(C)cccc12. The molecule has 0 fully saturated rings. The zero-order valence-corrected chi connectivity index (χ0v) is 18.0. The monoisotopic (exact) mass is 410 g/mol. The molecule has 0 amide bonds. The maximum absolute atomic E-state index is 12.3. The van der Waals surface area contributed by atoms with E-state index in [1.54, 1.807) is 0 Å². The molecule has 0 aliphatic rings. The lowest BCUT2D eigenvalue weighted by Gasteiger charge is -2.11. The van der Waals surface area contributed by atoms with Gasteiger partial charge < -0.3 is 15.6 Å². The van der Waals surface area contributed by atoms with Crippen LogP contribution in [0.4, 0.5) is 0 Å². The van der Waals surface area contributed by atoms with Gasteiger partial charge in [0, 0.05) is 52.5 Å². The van der Waals surface area contributed by atoms with Crippen molar-refractivity contribution in [2.75, 3.05) is 25.4 Å². The Balaban J connectivity index is 1.48. The molecule has 1 heterocycles. The Morgan fingerprint density at radius 3 is 2.72 bits per heavy atom. The van der Waals surface area contributed by atoms with E-state index in [2.05, 4.69) is 51.9 Å². The van der Waals surface area contributed by atoms with Gasteiger partial charge in [0.1, 0.15) is 0 Å². The van der Waals surface area contributed by atoms with Crippen molar-refractivity contribution in [3.8, 4) is 0 Å². The summed E-state index contributed by atoms with van der Waals surface area (Å²) in [6, 6.07) is 16.3. The van der Waals surface area contributed by atoms with E-state index in [1.165, 1.54) is 22.0 Å². The highest BCUT2D eigenvalue weighted by Gasteiger charge is 2.06. The molecule has 154 valence electrons. The van der Waals surface area contributed by atoms with Gasteiger partial charge in [-0.25, -0.2) is 0 Å². The largest absolute Gasteiger partial charge is 0.361 e. The fourth-order valence-corrected chi connectivity index (χ4v) is 4.32. The number of H-pyrrole nitrogens is 1. The standard InChI is InChI=1S/C23H30N4OS/c1-3-24-23(26-14-15-29(28)17-19-9-5-4-6-10-19)25-13-12-20-16-27-22-18(2)8-7-11-21(20)22/h4-11,16,27H,3,12-15,17H2,1-2H3,(H2,24,25,26). The van der Waals surface area contributed by atoms with Crippen LogP contribution in [-0.2, 0) is 23.0 Å². The van der Waals surface area contributed by atoms with Crippen LogP contribution in [0.2, 0.25) is 0 Å². The van der Waals surface area contributed by atoms with Crippen LogP contribution < -0.4 is 10.6 Å². The number of guanidine groups is 1. The van der Waals surface area contributed by atoms with E-state index in [-0.39, 0.29) is 0 Å². The first-order valence-electron chi connectivity index (χ1n) is 10.1. The van der Waals surface area contributed by atoms with Gasteiger partial charge in [-0.3, -0.25) is 9.20 Å². The molecular weight excluding hydrogens is 380 g/mol. The predicted octanol–water partition coefficient (Wildman–Crippen LogP) is 3.52. The van der Waals surface area contributed by atoms with Crippen LogP contribution in [0.25, 0.3) is 10.9 Å². The fraction of sp³-hybridized carbons (Fsp3) is 0.348. The highest BCUT2D eigenvalue weighted by atomic mass is 32.2. The third-order valence-electron chi connectivity index (χ3n) is 4.80. The van der Waals surface area contributed by atoms with Crippen molar-refractivity contribution in [3.05, 3.63) is 71.4 Å². The molecule has 3 rings (SSSR count). The first kappa shape index (κ1) is 21.1. The summed E-state index contributed by atoms with van der Waals surface area (Å²) in [5.74, 6) is 1.92. The second-order valence-electron chi connectivity index (χ2n) is 7.02. The van der Waals surface area contributed by atoms with Crippen LogP contribution in [0.5, 0.6) is 0 Å². The van der Waals surface area contributed by atoms with E-state index in [9.17, 15) is 4.21 Å². The van der Waals surface area contributed by atoms with Crippen molar-refractivity contribution < 1.29 is 4.21 Å². The van der Waals surface area contributed by atoms with Crippen LogP contribution in [0.3, 0.4) is 0 Å². The molecule has 2 aromatic carbocycles. The molecule has 0 saturated heterocycles. The van der Waals surface area contributed by atoms with Crippen molar-refractivity contribution >= 4 is 27.7 Å². The van der Waals surface area contributed by atoms with Crippen molar-refractivity contribution in [2.24, 2.45) is 4.99 Å². The minimum atomic E-state index is -0.906. The van der Waals surface area contributed by atoms with Crippen molar-refractivity contribution in [3.63, 3.8) is 0 Å². The summed E-state index contributed by atoms with van der Waals surface area (Å²) in [5.41, 5.74) is 4.88. The smallest absolute Gasteiger partial charge is 0.191 e. The normalized spacial score (nSPS) is 12.8. The Morgan fingerprint density at radius 2 is 1.93 bits per heavy atom. The van der Waals surface area contributed by atoms with Crippen molar-refractivity contribution in [2.45, 2.75) is 26.0 Å². The fourth-order valence-electron chi connectivity index (χ4n) is 3.32. The van der Waals surface area contributed by atoms with Gasteiger partial charge in [-0.15, -0.1) is 0 Å². The van der Waals surface area contributed by atoms with Crippen LogP contribution in [0.1, 0.15) is 23.6 Å². The molecule has 6 heteroatoms. The van der Waals surface area contributed by atoms with Crippen molar-refractivity contribution in [1.82, 2.24) is 15.6 Å². The van der Waals surface area contributed by atoms with Crippen LogP contribution >= 0.6 is 0 Å². The molecule has 0 saturated carbocycles. The van der Waals surface area contributed by atoms with Crippen LogP contribution in [0, 0.1) is 6.92 Å². The van der Waals surface area contributed by atoms with Gasteiger partial charge in [-0.05, 0) is 37.0 Å². The van der Waals surface area contributed by atoms with Crippen LogP contribution in [-0.4, -0.2) is 40.5 Å². The number of nitrogens with one attached hydrogen (secondary N) is 3. The summed E-state index contributed by atoms with van der Waals surface area (Å²) < 4.78 is 12.3. The summed E-state index contributed by atoms with van der Waals surface area (Å²) in [5, 5.41) is 7.93. The summed E-state index contributed by atoms with van der Waals surface area (Å²) in [4.78, 5) is 7.96. The molecule has 3 aromatic rings. The molecule has 0 radical (unpaired) electrons. The third kappa shape index (κ3) is 6.19. The Kier molecular flexibility index (Phi) is 7.87. The number of para-hydroxylation sites is 1. The quantitative estimate of drug-likeness (QED) is 0.373. The maximum atomic E-state index is 12.3. The second kappa shape index (κ2) is 10.8. The van der Waals surface area contributed by atoms with Gasteiger partial charge in [0.15, 0.2) is 5.96 Å². The zero-order valence-electron chi connectivity index (χ0n) is 17.2. The number of benzene rings is 2. The van der Waals surface area contributed by atoms with E-state index >= 15 is 0 Å². The average Bonchev–Trinajstić information content (AvgIpc) is 3.13. The van der Waals surface area contributed by atoms with Gasteiger partial charge in [-0.2, -0.15) is 0 Å². The summed E-state index contributed by atoms with van der Waals surface area (Å²) in [6.45, 7) is 6.30. The average molecular weight is 411 g/mol. The Morgan fingerprint density at radius 1 is 1.10 bits per heavy atom. The maximum Gasteiger partial charge on any atom is 0.191 e. The molecule has 3 N–H and O–H groups in total. The molecule has 0 spiro atoms. The number of nitrogens with zero attached hydrogens (tertiary/aromatic N) is 1. The number of hydrogen-bond acceptors (Lipinski definition) is 2. The lowest BCUT2D eigenvalue weighted by Crippen LogP contribution is -2.38. The van der Waals surface area contributed by atoms with Gasteiger partial charge in [-0.1, -0.05) is 48.5 Å². The molecule has 5 nitrogen and oxygen atoms in total. The highest BCUT2D eigenvalue weighted by Crippen LogP contribution is 2.21. The van der Waals surface area contributed by atoms with E-state index in [0.29, 0.717) is 18.1 Å². The molecule has 29 heavy (non-hydrogen) atoms. The Hall–Kier alpha value is -2.60. The summed E-state index contributed by atoms with van der Waals surface area (Å²) >= 11 is 0. The number of aromatic amines is 1. The Labute approximate surface area is 175 Å². The molecule has 0 bridgehead atoms. The number of hydrogen-bond donors (Lipinski definition) is 3. The summed E-state index contributed by atoms with van der Waals surface area (Å²) in [6.07, 6.45) is 3.00. The first-order chi connectivity index (χ1) is 14.2. The molecule has 0 aliphatic carbocycles. The number of rotatable bonds is 9. The summed E-state index contributed by atoms with van der Waals surface area (Å²) in [7, 11) is -0.906. The topological polar surface area (TPSA) is 69.3 Å². The van der Waals surface area contributed by atoms with Gasteiger partial charge >= 0.3 is 0 Å². The van der Waals surface area contributed by atoms with E-state index in [4.69, 9.17) is 0 Å². The minimum absolute atomic E-state index is 0.543. The van der Waals surface area contributed by atoms with E-state index in [0.717, 1.165) is 31.0 Å². The third-order valence-corrected chi connectivity index (χ3v) is 6.09. The Bertz CT molecular complexity index is 965. The number of fused-ring (bicyclic) bond motifs is 1. The van der Waals surface area contributed by atoms with E-state index < -0.39 is 10.8 Å². The number of aliphatic imine (C=N–C) groups is 1. The highest BCUT2D eigenvalue weighted by molar-refractivity contribution is 7.84.